The van der Waals surface area contributed by atoms with Crippen LogP contribution < -0.4 is 10.6 Å². The Morgan fingerprint density at radius 1 is 1.36 bits per heavy atom. The molecule has 1 aromatic heterocycles. The molecule has 1 heterocycles. The maximum Gasteiger partial charge on any atom is 0.261 e. The highest BCUT2D eigenvalue weighted by atomic mass is 32.1. The third kappa shape index (κ3) is 4.32. The van der Waals surface area contributed by atoms with Gasteiger partial charge in [0.15, 0.2) is 0 Å². The summed E-state index contributed by atoms with van der Waals surface area (Å²) in [7, 11) is 0. The quantitative estimate of drug-likeness (QED) is 0.788. The van der Waals surface area contributed by atoms with E-state index in [-0.39, 0.29) is 17.4 Å². The molecule has 5 heteroatoms. The van der Waals surface area contributed by atoms with Gasteiger partial charge in [0.25, 0.3) is 5.91 Å². The SMILES string of the molecule is C=CC(=O)NCC1(NC(=O)c2cc3c(s2)CCC(C)C3)CCCCC1. The number of carbonyl (C=O) groups is 2. The van der Waals surface area contributed by atoms with Crippen LogP contribution in [0.25, 0.3) is 0 Å². The van der Waals surface area contributed by atoms with Gasteiger partial charge in [-0.1, -0.05) is 32.8 Å². The van der Waals surface area contributed by atoms with E-state index < -0.39 is 0 Å². The van der Waals surface area contributed by atoms with Crippen LogP contribution in [-0.4, -0.2) is 23.9 Å². The van der Waals surface area contributed by atoms with Crippen LogP contribution in [0.1, 0.15) is 65.6 Å². The van der Waals surface area contributed by atoms with Gasteiger partial charge in [0, 0.05) is 11.4 Å². The van der Waals surface area contributed by atoms with Crippen molar-refractivity contribution in [1.82, 2.24) is 10.6 Å². The highest BCUT2D eigenvalue weighted by molar-refractivity contribution is 7.14. The number of hydrogen-bond donors (Lipinski definition) is 2. The minimum Gasteiger partial charge on any atom is -0.350 e. The molecule has 136 valence electrons. The van der Waals surface area contributed by atoms with E-state index in [1.165, 1.54) is 29.4 Å². The Morgan fingerprint density at radius 2 is 2.12 bits per heavy atom. The number of fused-ring (bicyclic) bond motifs is 1. The van der Waals surface area contributed by atoms with Gasteiger partial charge in [0.1, 0.15) is 0 Å². The van der Waals surface area contributed by atoms with Crippen molar-refractivity contribution in [2.45, 2.75) is 63.8 Å². The molecule has 2 amide bonds. The summed E-state index contributed by atoms with van der Waals surface area (Å²) in [5.74, 6) is 0.540. The lowest BCUT2D eigenvalue weighted by Crippen LogP contribution is -2.56. The molecular formula is C20H28N2O2S. The lowest BCUT2D eigenvalue weighted by Gasteiger charge is -2.38. The zero-order valence-electron chi connectivity index (χ0n) is 15.0. The molecule has 1 atom stereocenters. The minimum atomic E-state index is -0.328. The van der Waals surface area contributed by atoms with E-state index in [0.717, 1.165) is 43.4 Å². The van der Waals surface area contributed by atoms with Gasteiger partial charge in [-0.15, -0.1) is 11.3 Å². The highest BCUT2D eigenvalue weighted by Crippen LogP contribution is 2.33. The molecule has 0 spiro atoms. The van der Waals surface area contributed by atoms with E-state index in [2.05, 4.69) is 30.2 Å². The Morgan fingerprint density at radius 3 is 2.84 bits per heavy atom. The van der Waals surface area contributed by atoms with Crippen molar-refractivity contribution in [3.05, 3.63) is 34.0 Å². The summed E-state index contributed by atoms with van der Waals surface area (Å²) >= 11 is 1.65. The van der Waals surface area contributed by atoms with Crippen molar-refractivity contribution in [3.63, 3.8) is 0 Å². The molecule has 3 rings (SSSR count). The lowest BCUT2D eigenvalue weighted by atomic mass is 9.81. The van der Waals surface area contributed by atoms with Crippen LogP contribution in [0.5, 0.6) is 0 Å². The largest absolute Gasteiger partial charge is 0.350 e. The first-order valence-electron chi connectivity index (χ1n) is 9.36. The predicted octanol–water partition coefficient (Wildman–Crippen LogP) is 3.61. The molecule has 0 aliphatic heterocycles. The Labute approximate surface area is 154 Å². The number of nitrogens with one attached hydrogen (secondary N) is 2. The predicted molar refractivity (Wildman–Crippen MR) is 102 cm³/mol. The first kappa shape index (κ1) is 18.2. The van der Waals surface area contributed by atoms with Crippen LogP contribution in [-0.2, 0) is 17.6 Å². The van der Waals surface area contributed by atoms with E-state index in [1.54, 1.807) is 11.3 Å². The maximum atomic E-state index is 12.9. The van der Waals surface area contributed by atoms with Gasteiger partial charge in [0.05, 0.1) is 10.4 Å². The Kier molecular flexibility index (Phi) is 5.62. The standard InChI is InChI=1S/C20H28N2O2S/c1-3-18(23)21-13-20(9-5-4-6-10-20)22-19(24)17-12-15-11-14(2)7-8-16(15)25-17/h3,12,14H,1,4-11,13H2,2H3,(H,21,23)(H,22,24). The molecule has 2 aliphatic rings. The fourth-order valence-corrected chi connectivity index (χ4v) is 5.13. The minimum absolute atomic E-state index is 0.0156. The smallest absolute Gasteiger partial charge is 0.261 e. The van der Waals surface area contributed by atoms with E-state index >= 15 is 0 Å². The van der Waals surface area contributed by atoms with Gasteiger partial charge in [-0.2, -0.15) is 0 Å². The van der Waals surface area contributed by atoms with Gasteiger partial charge in [0.2, 0.25) is 5.91 Å². The zero-order valence-corrected chi connectivity index (χ0v) is 15.8. The summed E-state index contributed by atoms with van der Waals surface area (Å²) in [5.41, 5.74) is 1.03. The molecule has 25 heavy (non-hydrogen) atoms. The van der Waals surface area contributed by atoms with E-state index in [1.807, 2.05) is 0 Å². The second-order valence-corrected chi connectivity index (χ2v) is 8.76. The monoisotopic (exact) mass is 360 g/mol. The van der Waals surface area contributed by atoms with E-state index in [4.69, 9.17) is 0 Å². The van der Waals surface area contributed by atoms with Gasteiger partial charge in [-0.05, 0) is 55.7 Å². The highest BCUT2D eigenvalue weighted by Gasteiger charge is 2.34. The second kappa shape index (κ2) is 7.73. The normalized spacial score (nSPS) is 21.9. The molecule has 1 fully saturated rings. The van der Waals surface area contributed by atoms with Crippen molar-refractivity contribution in [3.8, 4) is 0 Å². The summed E-state index contributed by atoms with van der Waals surface area (Å²) in [5, 5.41) is 6.16. The third-order valence-electron chi connectivity index (χ3n) is 5.53. The molecule has 1 unspecified atom stereocenters. The van der Waals surface area contributed by atoms with Crippen molar-refractivity contribution < 1.29 is 9.59 Å². The first-order chi connectivity index (χ1) is 12.0. The molecule has 0 saturated heterocycles. The van der Waals surface area contributed by atoms with Gasteiger partial charge in [-0.25, -0.2) is 0 Å². The summed E-state index contributed by atoms with van der Waals surface area (Å²) in [6.45, 7) is 6.26. The Balaban J connectivity index is 1.71. The average Bonchev–Trinajstić information content (AvgIpc) is 3.04. The first-order valence-corrected chi connectivity index (χ1v) is 10.2. The second-order valence-electron chi connectivity index (χ2n) is 7.62. The van der Waals surface area contributed by atoms with E-state index in [0.29, 0.717) is 12.5 Å². The fourth-order valence-electron chi connectivity index (χ4n) is 4.02. The van der Waals surface area contributed by atoms with Crippen LogP contribution in [0.3, 0.4) is 0 Å². The number of thiophene rings is 1. The Bertz CT molecular complexity index is 659. The zero-order chi connectivity index (χ0) is 17.9. The molecule has 4 nitrogen and oxygen atoms in total. The van der Waals surface area contributed by atoms with Gasteiger partial charge < -0.3 is 10.6 Å². The number of carbonyl (C=O) groups excluding carboxylic acids is 2. The third-order valence-corrected chi connectivity index (χ3v) is 6.76. The van der Waals surface area contributed by atoms with Crippen molar-refractivity contribution in [1.29, 1.82) is 0 Å². The Hall–Kier alpha value is -1.62. The molecule has 2 aliphatic carbocycles. The fraction of sp³-hybridized carbons (Fsp3) is 0.600. The summed E-state index contributed by atoms with van der Waals surface area (Å²) in [6, 6.07) is 2.09. The topological polar surface area (TPSA) is 58.2 Å². The van der Waals surface area contributed by atoms with Crippen LogP contribution in [0.2, 0.25) is 0 Å². The molecular weight excluding hydrogens is 332 g/mol. The van der Waals surface area contributed by atoms with Gasteiger partial charge in [-0.3, -0.25) is 9.59 Å². The van der Waals surface area contributed by atoms with Crippen LogP contribution in [0.15, 0.2) is 18.7 Å². The number of amides is 2. The van der Waals surface area contributed by atoms with E-state index in [9.17, 15) is 9.59 Å². The maximum absolute atomic E-state index is 12.9. The number of aryl methyl sites for hydroxylation is 1. The van der Waals surface area contributed by atoms with Crippen molar-refractivity contribution in [2.24, 2.45) is 5.92 Å². The molecule has 0 radical (unpaired) electrons. The van der Waals surface area contributed by atoms with Crippen LogP contribution in [0, 0.1) is 5.92 Å². The lowest BCUT2D eigenvalue weighted by molar-refractivity contribution is -0.116. The van der Waals surface area contributed by atoms with Crippen LogP contribution in [0.4, 0.5) is 0 Å². The van der Waals surface area contributed by atoms with Crippen molar-refractivity contribution in [2.75, 3.05) is 6.54 Å². The summed E-state index contributed by atoms with van der Waals surface area (Å²) in [4.78, 5) is 26.7. The summed E-state index contributed by atoms with van der Waals surface area (Å²) in [6.07, 6.45) is 9.87. The molecule has 2 N–H and O–H groups in total. The molecule has 1 aromatic rings. The number of hydrogen-bond acceptors (Lipinski definition) is 3. The molecule has 1 saturated carbocycles. The van der Waals surface area contributed by atoms with Crippen molar-refractivity contribution >= 4 is 23.2 Å². The number of rotatable bonds is 5. The average molecular weight is 361 g/mol. The summed E-state index contributed by atoms with van der Waals surface area (Å²) < 4.78 is 0. The molecule has 0 bridgehead atoms. The van der Waals surface area contributed by atoms with Gasteiger partial charge >= 0.3 is 0 Å². The molecule has 0 aromatic carbocycles. The van der Waals surface area contributed by atoms with Crippen LogP contribution >= 0.6 is 11.3 Å².